The number of anilines is 2. The number of hydrogen-bond acceptors (Lipinski definition) is 15. The van der Waals surface area contributed by atoms with E-state index in [0.717, 1.165) is 21.8 Å². The number of nitrogens with two attached hydrogens (primary N) is 2. The van der Waals surface area contributed by atoms with Crippen LogP contribution in [0.3, 0.4) is 0 Å². The summed E-state index contributed by atoms with van der Waals surface area (Å²) in [4.78, 5) is 52.7. The average Bonchev–Trinajstić information content (AvgIpc) is 3.73. The standard InChI is InChI=1S/C21H23F2N9O9P2S2/c22-11-9-3-37-43(35,45)41-14-10(36-5-21(14,23)32-2-1-8-15(24)26-6-27-16(8)32)4-38-42(34,44)40-13(11)19(39-9)31-7-28-12-17(31)29-20(25)30-18(12)33/h1-2,6-7,9-11,13-14,19H,3-5H2,(H,34,44)(H,35,45)(H2,24,26,27)(H3,25,29,30,33)/t9-,10-,11+,13-,14-,19-,21-,42?,43?/m1/s1. The lowest BCUT2D eigenvalue weighted by atomic mass is 10.1. The Morgan fingerprint density at radius 1 is 1.09 bits per heavy atom. The van der Waals surface area contributed by atoms with E-state index in [-0.39, 0.29) is 28.6 Å². The van der Waals surface area contributed by atoms with Crippen LogP contribution in [0.4, 0.5) is 20.5 Å². The second-order valence-corrected chi connectivity index (χ2v) is 15.8. The van der Waals surface area contributed by atoms with Gasteiger partial charge in [-0.05, 0) is 29.7 Å². The van der Waals surface area contributed by atoms with Crippen LogP contribution in [-0.4, -0.2) is 94.2 Å². The minimum absolute atomic E-state index is 0.0847. The highest BCUT2D eigenvalue weighted by atomic mass is 32.5. The van der Waals surface area contributed by atoms with Crippen LogP contribution < -0.4 is 17.0 Å². The van der Waals surface area contributed by atoms with Gasteiger partial charge in [0.15, 0.2) is 29.7 Å². The van der Waals surface area contributed by atoms with Crippen molar-refractivity contribution in [1.82, 2.24) is 34.1 Å². The van der Waals surface area contributed by atoms with Gasteiger partial charge in [0.2, 0.25) is 11.7 Å². The van der Waals surface area contributed by atoms with E-state index < -0.39 is 81.4 Å². The van der Waals surface area contributed by atoms with Gasteiger partial charge in [0.05, 0.1) is 24.9 Å². The number of nitrogens with one attached hydrogen (secondary N) is 1. The van der Waals surface area contributed by atoms with E-state index in [1.165, 1.54) is 12.3 Å². The average molecular weight is 710 g/mol. The van der Waals surface area contributed by atoms with E-state index in [1.54, 1.807) is 0 Å². The number of aromatic amines is 1. The summed E-state index contributed by atoms with van der Waals surface area (Å²) < 4.78 is 68.8. The molecule has 0 radical (unpaired) electrons. The zero-order valence-corrected chi connectivity index (χ0v) is 25.9. The maximum Gasteiger partial charge on any atom is 0.325 e. The lowest BCUT2D eigenvalue weighted by Gasteiger charge is -2.32. The molecule has 7 rings (SSSR count). The third-order valence-electron chi connectivity index (χ3n) is 7.48. The summed E-state index contributed by atoms with van der Waals surface area (Å²) in [5.41, 5.74) is 10.8. The van der Waals surface area contributed by atoms with Crippen LogP contribution in [0.25, 0.3) is 22.2 Å². The third-order valence-corrected chi connectivity index (χ3v) is 10.6. The first kappa shape index (κ1) is 31.0. The monoisotopic (exact) mass is 709 g/mol. The molecule has 3 fully saturated rings. The highest BCUT2D eigenvalue weighted by Gasteiger charge is 2.57. The zero-order valence-electron chi connectivity index (χ0n) is 22.5. The molecule has 2 bridgehead atoms. The summed E-state index contributed by atoms with van der Waals surface area (Å²) in [7, 11) is 0. The van der Waals surface area contributed by atoms with Gasteiger partial charge in [-0.15, -0.1) is 0 Å². The van der Waals surface area contributed by atoms with Crippen molar-refractivity contribution < 1.29 is 46.1 Å². The smallest absolute Gasteiger partial charge is 0.325 e. The predicted octanol–water partition coefficient (Wildman–Crippen LogP) is 0.236. The van der Waals surface area contributed by atoms with E-state index in [4.69, 9.17) is 62.6 Å². The normalized spacial score (nSPS) is 37.7. The van der Waals surface area contributed by atoms with E-state index in [2.05, 4.69) is 24.9 Å². The van der Waals surface area contributed by atoms with Crippen LogP contribution in [-0.2, 0) is 57.0 Å². The van der Waals surface area contributed by atoms with Gasteiger partial charge in [-0.3, -0.25) is 28.0 Å². The topological polar surface area (TPSA) is 242 Å². The fourth-order valence-electron chi connectivity index (χ4n) is 5.43. The van der Waals surface area contributed by atoms with E-state index >= 15 is 8.78 Å². The Kier molecular flexibility index (Phi) is 7.58. The molecule has 0 spiro atoms. The highest BCUT2D eigenvalue weighted by molar-refractivity contribution is 8.07. The maximum atomic E-state index is 16.9. The van der Waals surface area contributed by atoms with E-state index in [9.17, 15) is 14.6 Å². The summed E-state index contributed by atoms with van der Waals surface area (Å²) in [6, 6.07) is 1.48. The number of rotatable bonds is 2. The number of ether oxygens (including phenoxy) is 2. The summed E-state index contributed by atoms with van der Waals surface area (Å²) >= 11 is 10.4. The second-order valence-electron chi connectivity index (χ2n) is 10.3. The number of nitrogens with zero attached hydrogens (tertiary/aromatic N) is 6. The summed E-state index contributed by atoms with van der Waals surface area (Å²) in [6.45, 7) is -10.7. The van der Waals surface area contributed by atoms with Gasteiger partial charge in [0, 0.05) is 6.20 Å². The maximum absolute atomic E-state index is 16.9. The number of aromatic nitrogens is 7. The predicted molar refractivity (Wildman–Crippen MR) is 157 cm³/mol. The van der Waals surface area contributed by atoms with Crippen LogP contribution in [0.2, 0.25) is 0 Å². The van der Waals surface area contributed by atoms with Crippen molar-refractivity contribution in [2.75, 3.05) is 31.3 Å². The Morgan fingerprint density at radius 3 is 2.60 bits per heavy atom. The number of H-pyrrole nitrogens is 1. The largest absolute Gasteiger partial charge is 0.383 e. The van der Waals surface area contributed by atoms with Gasteiger partial charge >= 0.3 is 13.4 Å². The minimum atomic E-state index is -4.37. The lowest BCUT2D eigenvalue weighted by Crippen LogP contribution is -2.45. The number of hydrogen-bond donors (Lipinski definition) is 5. The number of halogens is 2. The number of imidazole rings is 1. The summed E-state index contributed by atoms with van der Waals surface area (Å²) in [6.07, 6.45) is -6.14. The number of alkyl halides is 2. The molecule has 0 saturated carbocycles. The molecule has 4 aromatic heterocycles. The van der Waals surface area contributed by atoms with Crippen molar-refractivity contribution in [1.29, 1.82) is 0 Å². The molecule has 45 heavy (non-hydrogen) atoms. The molecule has 7 heterocycles. The van der Waals surface area contributed by atoms with Gasteiger partial charge in [0.25, 0.3) is 5.56 Å². The van der Waals surface area contributed by atoms with Crippen molar-refractivity contribution >= 4 is 71.0 Å². The van der Waals surface area contributed by atoms with E-state index in [1.807, 2.05) is 0 Å². The lowest BCUT2D eigenvalue weighted by molar-refractivity contribution is -0.0623. The molecule has 3 saturated heterocycles. The molecule has 242 valence electrons. The Labute approximate surface area is 260 Å². The molecule has 4 aromatic rings. The van der Waals surface area contributed by atoms with Gasteiger partial charge in [0.1, 0.15) is 42.7 Å². The number of nitrogen functional groups attached to an aromatic ring is 2. The molecular formula is C21H23F2N9O9P2S2. The number of fused-ring (bicyclic) bond motifs is 5. The molecular weight excluding hydrogens is 686 g/mol. The molecule has 9 atom stereocenters. The molecule has 0 amide bonds. The van der Waals surface area contributed by atoms with Gasteiger partial charge in [-0.1, -0.05) is 0 Å². The summed E-state index contributed by atoms with van der Waals surface area (Å²) in [5.74, 6) is -2.73. The van der Waals surface area contributed by atoms with Crippen molar-refractivity contribution in [2.45, 2.75) is 42.6 Å². The molecule has 3 aliphatic heterocycles. The summed E-state index contributed by atoms with van der Waals surface area (Å²) in [5, 5.41) is 0.336. The molecule has 18 nitrogen and oxygen atoms in total. The fourth-order valence-corrected chi connectivity index (χ4v) is 8.27. The quantitative estimate of drug-likeness (QED) is 0.175. The zero-order chi connectivity index (χ0) is 31.9. The third kappa shape index (κ3) is 5.37. The second kappa shape index (κ2) is 11.0. The minimum Gasteiger partial charge on any atom is -0.383 e. The van der Waals surface area contributed by atoms with Crippen LogP contribution in [0, 0.1) is 0 Å². The van der Waals surface area contributed by atoms with Crippen LogP contribution in [0.15, 0.2) is 29.7 Å². The van der Waals surface area contributed by atoms with Gasteiger partial charge in [-0.25, -0.2) is 23.7 Å². The van der Waals surface area contributed by atoms with Crippen LogP contribution in [0.5, 0.6) is 0 Å². The molecule has 0 aromatic carbocycles. The van der Waals surface area contributed by atoms with Crippen LogP contribution in [0.1, 0.15) is 6.23 Å². The van der Waals surface area contributed by atoms with Gasteiger partial charge in [-0.2, -0.15) is 4.98 Å². The fraction of sp³-hybridized carbons (Fsp3) is 0.476. The Hall–Kier alpha value is -2.59. The van der Waals surface area contributed by atoms with Crippen molar-refractivity contribution in [3.05, 3.63) is 35.3 Å². The molecule has 0 aliphatic carbocycles. The first-order valence-corrected chi connectivity index (χ1v) is 18.2. The van der Waals surface area contributed by atoms with Gasteiger partial charge < -0.3 is 39.8 Å². The van der Waals surface area contributed by atoms with Crippen molar-refractivity contribution in [3.8, 4) is 0 Å². The molecule has 24 heteroatoms. The first-order chi connectivity index (χ1) is 21.3. The Morgan fingerprint density at radius 2 is 1.82 bits per heavy atom. The molecule has 7 N–H and O–H groups in total. The first-order valence-electron chi connectivity index (χ1n) is 13.0. The van der Waals surface area contributed by atoms with Crippen LogP contribution >= 0.6 is 13.4 Å². The van der Waals surface area contributed by atoms with E-state index in [0.29, 0.717) is 5.39 Å². The van der Waals surface area contributed by atoms with Crippen molar-refractivity contribution in [2.24, 2.45) is 0 Å². The highest BCUT2D eigenvalue weighted by Crippen LogP contribution is 2.55. The Balaban J connectivity index is 1.23. The Bertz CT molecular complexity index is 1970. The van der Waals surface area contributed by atoms with Crippen molar-refractivity contribution in [3.63, 3.8) is 0 Å². The molecule has 3 aliphatic rings. The SMILES string of the molecule is Nc1nc2c(ncn2[C@@H]2O[C@@H]3COP(O)(=S)O[C@@H]4[C@@H](COP(O)(=S)O[C@@H]2[C@H]3F)OC[C@@]4(F)n2ccc3c(N)ncnc32)c(=O)[nH]1. The molecule has 2 unspecified atom stereocenters.